The van der Waals surface area contributed by atoms with Crippen molar-refractivity contribution in [3.63, 3.8) is 0 Å². The molecule has 0 saturated carbocycles. The zero-order chi connectivity index (χ0) is 13.3. The Bertz CT molecular complexity index is 298. The Balaban J connectivity index is 1.55. The molecule has 3 heterocycles. The Kier molecular flexibility index (Phi) is 4.16. The van der Waals surface area contributed by atoms with Crippen molar-refractivity contribution in [3.05, 3.63) is 0 Å². The first-order valence-corrected chi connectivity index (χ1v) is 8.30. The number of nitrogens with zero attached hydrogens (tertiary/aromatic N) is 2. The topological polar surface area (TPSA) is 18.5 Å². The predicted octanol–water partition coefficient (Wildman–Crippen LogP) is 1.79. The second-order valence-corrected chi connectivity index (χ2v) is 7.53. The van der Waals surface area contributed by atoms with Crippen molar-refractivity contribution in [2.75, 3.05) is 46.3 Å². The van der Waals surface area contributed by atoms with E-state index in [0.717, 1.165) is 12.0 Å². The van der Waals surface area contributed by atoms with Gasteiger partial charge in [0.2, 0.25) is 0 Å². The van der Waals surface area contributed by atoms with E-state index in [1.54, 1.807) is 0 Å². The van der Waals surface area contributed by atoms with Gasteiger partial charge in [0, 0.05) is 19.1 Å². The Morgan fingerprint density at radius 2 is 1.95 bits per heavy atom. The van der Waals surface area contributed by atoms with Crippen molar-refractivity contribution in [3.8, 4) is 0 Å². The van der Waals surface area contributed by atoms with Gasteiger partial charge in [0.1, 0.15) is 0 Å². The fourth-order valence-corrected chi connectivity index (χ4v) is 4.60. The molecular weight excluding hydrogens is 234 g/mol. The number of hydrogen-bond donors (Lipinski definition) is 1. The van der Waals surface area contributed by atoms with Crippen LogP contribution in [0.2, 0.25) is 0 Å². The molecule has 1 N–H and O–H groups in total. The summed E-state index contributed by atoms with van der Waals surface area (Å²) in [6.07, 6.45) is 6.99. The van der Waals surface area contributed by atoms with Crippen LogP contribution in [0.25, 0.3) is 0 Å². The number of likely N-dealkylation sites (tertiary alicyclic amines) is 2. The molecule has 0 bridgehead atoms. The van der Waals surface area contributed by atoms with Gasteiger partial charge >= 0.3 is 0 Å². The van der Waals surface area contributed by atoms with Crippen molar-refractivity contribution < 1.29 is 0 Å². The van der Waals surface area contributed by atoms with Crippen LogP contribution in [0.1, 0.15) is 39.0 Å². The summed E-state index contributed by atoms with van der Waals surface area (Å²) in [6.45, 7) is 10.3. The lowest BCUT2D eigenvalue weighted by atomic mass is 9.78. The Hall–Kier alpha value is -0.120. The zero-order valence-electron chi connectivity index (χ0n) is 12.8. The van der Waals surface area contributed by atoms with Gasteiger partial charge in [-0.05, 0) is 76.7 Å². The molecule has 0 amide bonds. The van der Waals surface area contributed by atoms with Gasteiger partial charge in [-0.3, -0.25) is 0 Å². The SMILES string of the molecule is CN1CCCC2CN(CC3(C)CCNCC3)CCC21. The van der Waals surface area contributed by atoms with Crippen LogP contribution in [-0.4, -0.2) is 62.2 Å². The van der Waals surface area contributed by atoms with Gasteiger partial charge in [-0.15, -0.1) is 0 Å². The van der Waals surface area contributed by atoms with Crippen LogP contribution in [0.5, 0.6) is 0 Å². The Labute approximate surface area is 118 Å². The third kappa shape index (κ3) is 3.14. The molecule has 2 unspecified atom stereocenters. The average molecular weight is 265 g/mol. The molecule has 3 fully saturated rings. The van der Waals surface area contributed by atoms with Crippen LogP contribution in [-0.2, 0) is 0 Å². The third-order valence-corrected chi connectivity index (χ3v) is 5.85. The van der Waals surface area contributed by atoms with Gasteiger partial charge in [-0.25, -0.2) is 0 Å². The van der Waals surface area contributed by atoms with Crippen LogP contribution in [0, 0.1) is 11.3 Å². The van der Waals surface area contributed by atoms with Crippen LogP contribution in [0.15, 0.2) is 0 Å². The second-order valence-electron chi connectivity index (χ2n) is 7.53. The van der Waals surface area contributed by atoms with Crippen LogP contribution in [0.4, 0.5) is 0 Å². The maximum Gasteiger partial charge on any atom is 0.0145 e. The average Bonchev–Trinajstić information content (AvgIpc) is 2.39. The van der Waals surface area contributed by atoms with E-state index < -0.39 is 0 Å². The van der Waals surface area contributed by atoms with Crippen LogP contribution < -0.4 is 5.32 Å². The first-order chi connectivity index (χ1) is 9.16. The number of hydrogen-bond acceptors (Lipinski definition) is 3. The number of rotatable bonds is 2. The van der Waals surface area contributed by atoms with Gasteiger partial charge in [0.05, 0.1) is 0 Å². The van der Waals surface area contributed by atoms with E-state index in [4.69, 9.17) is 0 Å². The molecule has 19 heavy (non-hydrogen) atoms. The van der Waals surface area contributed by atoms with E-state index in [2.05, 4.69) is 29.1 Å². The van der Waals surface area contributed by atoms with E-state index in [0.29, 0.717) is 5.41 Å². The quantitative estimate of drug-likeness (QED) is 0.821. The Morgan fingerprint density at radius 3 is 2.74 bits per heavy atom. The molecule has 3 saturated heterocycles. The first-order valence-electron chi connectivity index (χ1n) is 8.30. The summed E-state index contributed by atoms with van der Waals surface area (Å²) in [5.74, 6) is 0.942. The minimum absolute atomic E-state index is 0.568. The summed E-state index contributed by atoms with van der Waals surface area (Å²) >= 11 is 0. The summed E-state index contributed by atoms with van der Waals surface area (Å²) < 4.78 is 0. The fraction of sp³-hybridized carbons (Fsp3) is 1.00. The zero-order valence-corrected chi connectivity index (χ0v) is 12.8. The highest BCUT2D eigenvalue weighted by Crippen LogP contribution is 2.34. The normalized spacial score (nSPS) is 36.9. The Morgan fingerprint density at radius 1 is 1.16 bits per heavy atom. The summed E-state index contributed by atoms with van der Waals surface area (Å²) in [6, 6.07) is 0.880. The molecule has 3 aliphatic heterocycles. The monoisotopic (exact) mass is 265 g/mol. The molecule has 0 spiro atoms. The van der Waals surface area contributed by atoms with Gasteiger partial charge in [-0.1, -0.05) is 6.92 Å². The molecule has 2 atom stereocenters. The maximum atomic E-state index is 3.50. The second kappa shape index (κ2) is 5.71. The van der Waals surface area contributed by atoms with Crippen molar-refractivity contribution in [2.45, 2.75) is 45.1 Å². The largest absolute Gasteiger partial charge is 0.317 e. The van der Waals surface area contributed by atoms with E-state index in [9.17, 15) is 0 Å². The number of fused-ring (bicyclic) bond motifs is 1. The van der Waals surface area contributed by atoms with Crippen molar-refractivity contribution >= 4 is 0 Å². The van der Waals surface area contributed by atoms with E-state index >= 15 is 0 Å². The lowest BCUT2D eigenvalue weighted by molar-refractivity contribution is 0.0163. The summed E-state index contributed by atoms with van der Waals surface area (Å²) in [5, 5.41) is 3.50. The molecule has 3 nitrogen and oxygen atoms in total. The molecule has 0 radical (unpaired) electrons. The van der Waals surface area contributed by atoms with E-state index in [1.165, 1.54) is 71.4 Å². The number of nitrogens with one attached hydrogen (secondary N) is 1. The van der Waals surface area contributed by atoms with Crippen LogP contribution >= 0.6 is 0 Å². The fourth-order valence-electron chi connectivity index (χ4n) is 4.60. The highest BCUT2D eigenvalue weighted by Gasteiger charge is 2.37. The van der Waals surface area contributed by atoms with E-state index in [1.807, 2.05) is 0 Å². The molecule has 3 aliphatic rings. The summed E-state index contributed by atoms with van der Waals surface area (Å²) in [7, 11) is 2.33. The predicted molar refractivity (Wildman–Crippen MR) is 80.4 cm³/mol. The molecule has 110 valence electrons. The minimum Gasteiger partial charge on any atom is -0.317 e. The lowest BCUT2D eigenvalue weighted by Gasteiger charge is -2.48. The van der Waals surface area contributed by atoms with Gasteiger partial charge in [-0.2, -0.15) is 0 Å². The standard InChI is InChI=1S/C16H31N3/c1-16(6-8-17-9-7-16)13-19-11-5-15-14(12-19)4-3-10-18(15)2/h14-15,17H,3-13H2,1-2H3. The maximum absolute atomic E-state index is 3.50. The van der Waals surface area contributed by atoms with Crippen molar-refractivity contribution in [1.29, 1.82) is 0 Å². The highest BCUT2D eigenvalue weighted by atomic mass is 15.2. The third-order valence-electron chi connectivity index (χ3n) is 5.85. The molecular formula is C16H31N3. The first kappa shape index (κ1) is 13.8. The lowest BCUT2D eigenvalue weighted by Crippen LogP contribution is -2.54. The molecule has 3 rings (SSSR count). The molecule has 0 aromatic heterocycles. The smallest absolute Gasteiger partial charge is 0.0145 e. The minimum atomic E-state index is 0.568. The van der Waals surface area contributed by atoms with Crippen LogP contribution in [0.3, 0.4) is 0 Å². The summed E-state index contributed by atoms with van der Waals surface area (Å²) in [4.78, 5) is 5.41. The molecule has 0 aromatic carbocycles. The molecule has 0 aromatic rings. The number of piperidine rings is 3. The van der Waals surface area contributed by atoms with Gasteiger partial charge in [0.15, 0.2) is 0 Å². The highest BCUT2D eigenvalue weighted by molar-refractivity contribution is 4.92. The summed E-state index contributed by atoms with van der Waals surface area (Å²) in [5.41, 5.74) is 0.568. The molecule has 0 aliphatic carbocycles. The molecule has 3 heteroatoms. The van der Waals surface area contributed by atoms with Gasteiger partial charge in [0.25, 0.3) is 0 Å². The van der Waals surface area contributed by atoms with Crippen molar-refractivity contribution in [2.24, 2.45) is 11.3 Å². The van der Waals surface area contributed by atoms with Gasteiger partial charge < -0.3 is 15.1 Å². The van der Waals surface area contributed by atoms with Crippen molar-refractivity contribution in [1.82, 2.24) is 15.1 Å². The van der Waals surface area contributed by atoms with E-state index in [-0.39, 0.29) is 0 Å².